The van der Waals surface area contributed by atoms with Gasteiger partial charge < -0.3 is 20.3 Å². The molecule has 0 bridgehead atoms. The normalized spacial score (nSPS) is 11.2. The van der Waals surface area contributed by atoms with Gasteiger partial charge in [0.1, 0.15) is 12.1 Å². The van der Waals surface area contributed by atoms with Crippen molar-refractivity contribution in [1.82, 2.24) is 10.3 Å². The fourth-order valence-electron chi connectivity index (χ4n) is 1.88. The van der Waals surface area contributed by atoms with E-state index in [-0.39, 0.29) is 12.5 Å². The maximum absolute atomic E-state index is 11.9. The highest BCUT2D eigenvalue weighted by Gasteiger charge is 2.17. The number of anilines is 2. The first-order valence-corrected chi connectivity index (χ1v) is 8.30. The number of hydrogen-bond donors (Lipinski definition) is 2. The number of alkyl carbamates (subject to hydrolysis) is 1. The van der Waals surface area contributed by atoms with Crippen LogP contribution in [0, 0.1) is 0 Å². The molecule has 2 rings (SSSR count). The molecule has 0 saturated heterocycles. The molecule has 0 unspecified atom stereocenters. The zero-order chi connectivity index (χ0) is 17.9. The van der Waals surface area contributed by atoms with Crippen LogP contribution < -0.4 is 15.5 Å². The maximum atomic E-state index is 11.9. The molecule has 0 aliphatic rings. The Labute approximate surface area is 145 Å². The zero-order valence-electron chi connectivity index (χ0n) is 14.5. The first-order chi connectivity index (χ1) is 11.1. The molecule has 7 nitrogen and oxygen atoms in total. The van der Waals surface area contributed by atoms with Crippen molar-refractivity contribution >= 4 is 44.4 Å². The molecule has 8 heteroatoms. The molecule has 0 fully saturated rings. The Balaban J connectivity index is 1.94. The summed E-state index contributed by atoms with van der Waals surface area (Å²) in [6.07, 6.45) is -0.627. The molecule has 2 amide bonds. The van der Waals surface area contributed by atoms with Crippen LogP contribution in [0.5, 0.6) is 0 Å². The van der Waals surface area contributed by atoms with Crippen molar-refractivity contribution in [2.24, 2.45) is 0 Å². The predicted octanol–water partition coefficient (Wildman–Crippen LogP) is 2.83. The monoisotopic (exact) mass is 350 g/mol. The van der Waals surface area contributed by atoms with Crippen molar-refractivity contribution in [2.45, 2.75) is 26.4 Å². The Bertz CT molecular complexity index is 749. The molecule has 1 aromatic heterocycles. The Morgan fingerprint density at radius 1 is 1.29 bits per heavy atom. The number of fused-ring (bicyclic) bond motifs is 1. The lowest BCUT2D eigenvalue weighted by Crippen LogP contribution is -2.37. The molecule has 0 radical (unpaired) electrons. The lowest BCUT2D eigenvalue weighted by atomic mass is 10.2. The second-order valence-electron chi connectivity index (χ2n) is 6.47. The summed E-state index contributed by atoms with van der Waals surface area (Å²) < 4.78 is 6.06. The molecule has 130 valence electrons. The van der Waals surface area contributed by atoms with E-state index in [4.69, 9.17) is 4.74 Å². The SMILES string of the molecule is CN(C)c1ccc2sc(NC(=O)CNC(=O)OC(C)(C)C)nc2c1. The highest BCUT2D eigenvalue weighted by Crippen LogP contribution is 2.28. The van der Waals surface area contributed by atoms with E-state index in [0.717, 1.165) is 15.9 Å². The third-order valence-electron chi connectivity index (χ3n) is 2.93. The minimum Gasteiger partial charge on any atom is -0.444 e. The quantitative estimate of drug-likeness (QED) is 0.886. The third kappa shape index (κ3) is 5.09. The fourth-order valence-corrected chi connectivity index (χ4v) is 2.74. The van der Waals surface area contributed by atoms with E-state index in [1.54, 1.807) is 20.8 Å². The van der Waals surface area contributed by atoms with Gasteiger partial charge in [-0.1, -0.05) is 11.3 Å². The summed E-state index contributed by atoms with van der Waals surface area (Å²) in [5.41, 5.74) is 1.26. The fraction of sp³-hybridized carbons (Fsp3) is 0.438. The van der Waals surface area contributed by atoms with Gasteiger partial charge in [0.2, 0.25) is 5.91 Å². The largest absolute Gasteiger partial charge is 0.444 e. The Kier molecular flexibility index (Phi) is 5.28. The van der Waals surface area contributed by atoms with Gasteiger partial charge in [0.25, 0.3) is 0 Å². The van der Waals surface area contributed by atoms with Gasteiger partial charge in [-0.25, -0.2) is 9.78 Å². The number of benzene rings is 1. The van der Waals surface area contributed by atoms with Crippen molar-refractivity contribution in [3.8, 4) is 0 Å². The highest BCUT2D eigenvalue weighted by atomic mass is 32.1. The first-order valence-electron chi connectivity index (χ1n) is 7.49. The van der Waals surface area contributed by atoms with Crippen LogP contribution in [0.2, 0.25) is 0 Å². The van der Waals surface area contributed by atoms with Gasteiger partial charge in [-0.3, -0.25) is 4.79 Å². The summed E-state index contributed by atoms with van der Waals surface area (Å²) >= 11 is 1.38. The van der Waals surface area contributed by atoms with E-state index in [0.29, 0.717) is 5.13 Å². The molecule has 1 heterocycles. The molecular weight excluding hydrogens is 328 g/mol. The lowest BCUT2D eigenvalue weighted by Gasteiger charge is -2.19. The molecule has 0 spiro atoms. The Hall–Kier alpha value is -2.35. The molecule has 0 saturated carbocycles. The summed E-state index contributed by atoms with van der Waals surface area (Å²) in [5, 5.41) is 5.59. The van der Waals surface area contributed by atoms with Gasteiger partial charge in [-0.05, 0) is 39.0 Å². The Morgan fingerprint density at radius 2 is 2.00 bits per heavy atom. The van der Waals surface area contributed by atoms with Crippen molar-refractivity contribution in [1.29, 1.82) is 0 Å². The molecule has 2 N–H and O–H groups in total. The summed E-state index contributed by atoms with van der Waals surface area (Å²) in [6, 6.07) is 5.92. The van der Waals surface area contributed by atoms with Crippen molar-refractivity contribution in [3.05, 3.63) is 18.2 Å². The van der Waals surface area contributed by atoms with Crippen LogP contribution in [0.1, 0.15) is 20.8 Å². The average molecular weight is 350 g/mol. The Morgan fingerprint density at radius 3 is 2.62 bits per heavy atom. The number of thiazole rings is 1. The van der Waals surface area contributed by atoms with Crippen molar-refractivity contribution in [2.75, 3.05) is 30.9 Å². The van der Waals surface area contributed by atoms with E-state index in [1.165, 1.54) is 11.3 Å². The van der Waals surface area contributed by atoms with Crippen LogP contribution in [-0.2, 0) is 9.53 Å². The lowest BCUT2D eigenvalue weighted by molar-refractivity contribution is -0.115. The maximum Gasteiger partial charge on any atom is 0.408 e. The van der Waals surface area contributed by atoms with E-state index >= 15 is 0 Å². The van der Waals surface area contributed by atoms with Gasteiger partial charge in [-0.15, -0.1) is 0 Å². The number of amides is 2. The van der Waals surface area contributed by atoms with Crippen molar-refractivity contribution < 1.29 is 14.3 Å². The number of aromatic nitrogens is 1. The summed E-state index contributed by atoms with van der Waals surface area (Å²) in [6.45, 7) is 5.11. The second-order valence-corrected chi connectivity index (χ2v) is 7.50. The van der Waals surface area contributed by atoms with Crippen LogP contribution in [0.25, 0.3) is 10.2 Å². The topological polar surface area (TPSA) is 83.6 Å². The molecule has 1 aromatic carbocycles. The van der Waals surface area contributed by atoms with Gasteiger partial charge >= 0.3 is 6.09 Å². The smallest absolute Gasteiger partial charge is 0.408 e. The average Bonchev–Trinajstić information content (AvgIpc) is 2.84. The molecule has 0 atom stereocenters. The van der Waals surface area contributed by atoms with Gasteiger partial charge in [0.05, 0.1) is 10.2 Å². The number of ether oxygens (including phenoxy) is 1. The van der Waals surface area contributed by atoms with Crippen LogP contribution >= 0.6 is 11.3 Å². The van der Waals surface area contributed by atoms with E-state index in [1.807, 2.05) is 37.2 Å². The number of rotatable bonds is 4. The van der Waals surface area contributed by atoms with E-state index < -0.39 is 11.7 Å². The molecule has 0 aliphatic carbocycles. The van der Waals surface area contributed by atoms with Gasteiger partial charge in [0.15, 0.2) is 5.13 Å². The number of hydrogen-bond acceptors (Lipinski definition) is 6. The van der Waals surface area contributed by atoms with Crippen LogP contribution in [0.4, 0.5) is 15.6 Å². The van der Waals surface area contributed by atoms with E-state index in [2.05, 4.69) is 15.6 Å². The first kappa shape index (κ1) is 18.0. The summed E-state index contributed by atoms with van der Waals surface area (Å²) in [4.78, 5) is 29.8. The molecular formula is C16H22N4O3S. The van der Waals surface area contributed by atoms with Crippen LogP contribution in [-0.4, -0.2) is 43.2 Å². The predicted molar refractivity (Wildman–Crippen MR) is 96.8 cm³/mol. The number of nitrogens with zero attached hydrogens (tertiary/aromatic N) is 2. The van der Waals surface area contributed by atoms with Crippen LogP contribution in [0.3, 0.4) is 0 Å². The highest BCUT2D eigenvalue weighted by molar-refractivity contribution is 7.22. The molecule has 2 aromatic rings. The van der Waals surface area contributed by atoms with Gasteiger partial charge in [-0.2, -0.15) is 0 Å². The number of carbonyl (C=O) groups excluding carboxylic acids is 2. The standard InChI is InChI=1S/C16H22N4O3S/c1-16(2,3)23-15(22)17-9-13(21)19-14-18-11-8-10(20(4)5)6-7-12(11)24-14/h6-8H,9H2,1-5H3,(H,17,22)(H,18,19,21). The number of nitrogens with one attached hydrogen (secondary N) is 2. The van der Waals surface area contributed by atoms with Crippen molar-refractivity contribution in [3.63, 3.8) is 0 Å². The van der Waals surface area contributed by atoms with Crippen LogP contribution in [0.15, 0.2) is 18.2 Å². The second kappa shape index (κ2) is 7.04. The summed E-state index contributed by atoms with van der Waals surface area (Å²) in [5.74, 6) is -0.354. The van der Waals surface area contributed by atoms with Gasteiger partial charge in [0, 0.05) is 19.8 Å². The minimum atomic E-state index is -0.627. The van der Waals surface area contributed by atoms with E-state index in [9.17, 15) is 9.59 Å². The third-order valence-corrected chi connectivity index (χ3v) is 3.88. The zero-order valence-corrected chi connectivity index (χ0v) is 15.3. The summed E-state index contributed by atoms with van der Waals surface area (Å²) in [7, 11) is 3.91. The minimum absolute atomic E-state index is 0.173. The molecule has 24 heavy (non-hydrogen) atoms. The number of carbonyl (C=O) groups is 2. The molecule has 0 aliphatic heterocycles.